The molecule has 4 heteroatoms. The topological polar surface area (TPSA) is 55.3 Å². The highest BCUT2D eigenvalue weighted by molar-refractivity contribution is 5.64. The number of nitrogens with zero attached hydrogens (tertiary/aromatic N) is 2. The fraction of sp³-hybridized carbons (Fsp3) is 0.250. The van der Waals surface area contributed by atoms with Gasteiger partial charge < -0.3 is 15.1 Å². The Morgan fingerprint density at radius 3 is 2.25 bits per heavy atom. The van der Waals surface area contributed by atoms with E-state index in [0.29, 0.717) is 0 Å². The van der Waals surface area contributed by atoms with Crippen molar-refractivity contribution in [3.05, 3.63) is 30.0 Å². The van der Waals surface area contributed by atoms with Crippen LogP contribution < -0.4 is 10.6 Å². The summed E-state index contributed by atoms with van der Waals surface area (Å²) in [5, 5.41) is 0. The zero-order valence-electron chi connectivity index (χ0n) is 9.69. The van der Waals surface area contributed by atoms with Gasteiger partial charge in [0.2, 0.25) is 0 Å². The molecule has 1 heterocycles. The van der Waals surface area contributed by atoms with Crippen LogP contribution in [0, 0.1) is 6.92 Å². The summed E-state index contributed by atoms with van der Waals surface area (Å²) in [5.41, 5.74) is 8.46. The maximum atomic E-state index is 5.51. The molecule has 84 valence electrons. The molecule has 2 N–H and O–H groups in total. The Hall–Kier alpha value is -1.97. The third kappa shape index (κ3) is 1.86. The Balaban J connectivity index is 2.38. The predicted molar refractivity (Wildman–Crippen MR) is 65.4 cm³/mol. The molecule has 0 fully saturated rings. The zero-order chi connectivity index (χ0) is 11.7. The molecule has 0 saturated heterocycles. The average molecular weight is 217 g/mol. The molecule has 0 radical (unpaired) electrons. The van der Waals surface area contributed by atoms with Gasteiger partial charge in [-0.25, -0.2) is 0 Å². The summed E-state index contributed by atoms with van der Waals surface area (Å²) in [5.74, 6) is 0.739. The molecular weight excluding hydrogens is 202 g/mol. The summed E-state index contributed by atoms with van der Waals surface area (Å²) >= 11 is 0. The summed E-state index contributed by atoms with van der Waals surface area (Å²) in [6.45, 7) is 1.88. The van der Waals surface area contributed by atoms with Crippen molar-refractivity contribution in [3.8, 4) is 11.3 Å². The van der Waals surface area contributed by atoms with Gasteiger partial charge in [0.1, 0.15) is 0 Å². The second kappa shape index (κ2) is 3.89. The Morgan fingerprint density at radius 1 is 1.19 bits per heavy atom. The van der Waals surface area contributed by atoms with E-state index >= 15 is 0 Å². The maximum Gasteiger partial charge on any atom is 0.292 e. The molecule has 0 spiro atoms. The number of hydrogen-bond donors (Lipinski definition) is 1. The number of benzene rings is 1. The van der Waals surface area contributed by atoms with Crippen molar-refractivity contribution in [2.45, 2.75) is 6.92 Å². The minimum absolute atomic E-state index is 0.212. The Kier molecular flexibility index (Phi) is 2.56. The third-order valence-electron chi connectivity index (χ3n) is 2.46. The molecule has 0 aliphatic rings. The molecule has 0 amide bonds. The van der Waals surface area contributed by atoms with Gasteiger partial charge in [0.25, 0.3) is 6.01 Å². The van der Waals surface area contributed by atoms with Crippen molar-refractivity contribution in [2.24, 2.45) is 0 Å². The Bertz CT molecular complexity index is 485. The molecular formula is C12H15N3O. The van der Waals surface area contributed by atoms with Gasteiger partial charge in [-0.1, -0.05) is 0 Å². The molecule has 0 aliphatic heterocycles. The van der Waals surface area contributed by atoms with Crippen LogP contribution >= 0.6 is 0 Å². The summed E-state index contributed by atoms with van der Waals surface area (Å²) in [6.07, 6.45) is 0. The van der Waals surface area contributed by atoms with Crippen LogP contribution in [0.1, 0.15) is 5.69 Å². The van der Waals surface area contributed by atoms with Crippen LogP contribution in [-0.2, 0) is 0 Å². The number of nitrogens with two attached hydrogens (primary N) is 1. The van der Waals surface area contributed by atoms with Crippen LogP contribution in [-0.4, -0.2) is 19.1 Å². The number of aryl methyl sites for hydroxylation is 1. The minimum atomic E-state index is 0.212. The second-order valence-corrected chi connectivity index (χ2v) is 3.91. The first kappa shape index (κ1) is 10.5. The molecule has 2 rings (SSSR count). The normalized spacial score (nSPS) is 10.4. The van der Waals surface area contributed by atoms with Crippen LogP contribution in [0.4, 0.5) is 11.7 Å². The van der Waals surface area contributed by atoms with Crippen LogP contribution in [0.3, 0.4) is 0 Å². The van der Waals surface area contributed by atoms with Crippen molar-refractivity contribution in [3.63, 3.8) is 0 Å². The zero-order valence-corrected chi connectivity index (χ0v) is 9.69. The highest BCUT2D eigenvalue weighted by Gasteiger charge is 2.09. The van der Waals surface area contributed by atoms with E-state index in [1.807, 2.05) is 50.2 Å². The van der Waals surface area contributed by atoms with Crippen LogP contribution in [0.15, 0.2) is 28.7 Å². The molecule has 0 atom stereocenters. The molecule has 16 heavy (non-hydrogen) atoms. The van der Waals surface area contributed by atoms with Crippen LogP contribution in [0.2, 0.25) is 0 Å². The maximum absolute atomic E-state index is 5.51. The molecule has 0 bridgehead atoms. The van der Waals surface area contributed by atoms with Crippen molar-refractivity contribution in [1.82, 2.24) is 4.98 Å². The average Bonchev–Trinajstić information content (AvgIpc) is 2.58. The molecule has 1 aromatic carbocycles. The van der Waals surface area contributed by atoms with E-state index in [2.05, 4.69) is 4.98 Å². The lowest BCUT2D eigenvalue weighted by atomic mass is 10.1. The molecule has 0 unspecified atom stereocenters. The van der Waals surface area contributed by atoms with E-state index in [0.717, 1.165) is 22.7 Å². The largest absolute Gasteiger partial charge is 0.423 e. The molecule has 0 aliphatic carbocycles. The molecule has 0 saturated carbocycles. The van der Waals surface area contributed by atoms with Gasteiger partial charge in [-0.05, 0) is 31.2 Å². The summed E-state index contributed by atoms with van der Waals surface area (Å²) < 4.78 is 5.35. The van der Waals surface area contributed by atoms with Gasteiger partial charge in [-0.2, -0.15) is 4.98 Å². The first-order valence-corrected chi connectivity index (χ1v) is 5.08. The summed E-state index contributed by atoms with van der Waals surface area (Å²) in [4.78, 5) is 6.09. The second-order valence-electron chi connectivity index (χ2n) is 3.91. The van der Waals surface area contributed by atoms with E-state index in [1.165, 1.54) is 0 Å². The van der Waals surface area contributed by atoms with Gasteiger partial charge in [0.15, 0.2) is 5.76 Å². The fourth-order valence-corrected chi connectivity index (χ4v) is 1.60. The monoisotopic (exact) mass is 217 g/mol. The first-order chi connectivity index (χ1) is 7.58. The van der Waals surface area contributed by atoms with E-state index in [-0.39, 0.29) is 6.01 Å². The fourth-order valence-electron chi connectivity index (χ4n) is 1.60. The van der Waals surface area contributed by atoms with Gasteiger partial charge in [0, 0.05) is 25.3 Å². The minimum Gasteiger partial charge on any atom is -0.423 e. The molecule has 4 nitrogen and oxygen atoms in total. The van der Waals surface area contributed by atoms with Crippen LogP contribution in [0.5, 0.6) is 0 Å². The standard InChI is InChI=1S/C12H15N3O/c1-8-11(16-12(13)14-8)9-4-6-10(7-5-9)15(2)3/h4-7H,1-3H3,(H2,13,14). The van der Waals surface area contributed by atoms with E-state index < -0.39 is 0 Å². The third-order valence-corrected chi connectivity index (χ3v) is 2.46. The highest BCUT2D eigenvalue weighted by Crippen LogP contribution is 2.26. The molecule has 2 aromatic rings. The summed E-state index contributed by atoms with van der Waals surface area (Å²) in [6, 6.07) is 8.29. The number of nitrogen functional groups attached to an aromatic ring is 1. The van der Waals surface area contributed by atoms with Gasteiger partial charge in [0.05, 0.1) is 5.69 Å². The number of aromatic nitrogens is 1. The number of oxazole rings is 1. The van der Waals surface area contributed by atoms with Crippen molar-refractivity contribution in [1.29, 1.82) is 0 Å². The highest BCUT2D eigenvalue weighted by atomic mass is 16.4. The van der Waals surface area contributed by atoms with Gasteiger partial charge in [-0.3, -0.25) is 0 Å². The summed E-state index contributed by atoms with van der Waals surface area (Å²) in [7, 11) is 4.01. The van der Waals surface area contributed by atoms with Crippen molar-refractivity contribution in [2.75, 3.05) is 24.7 Å². The number of hydrogen-bond acceptors (Lipinski definition) is 4. The van der Waals surface area contributed by atoms with Gasteiger partial charge in [-0.15, -0.1) is 0 Å². The lowest BCUT2D eigenvalue weighted by molar-refractivity contribution is 0.594. The Labute approximate surface area is 94.7 Å². The number of rotatable bonds is 2. The SMILES string of the molecule is Cc1nc(N)oc1-c1ccc(N(C)C)cc1. The molecule has 1 aromatic heterocycles. The number of anilines is 2. The van der Waals surface area contributed by atoms with E-state index in [4.69, 9.17) is 10.2 Å². The van der Waals surface area contributed by atoms with E-state index in [9.17, 15) is 0 Å². The first-order valence-electron chi connectivity index (χ1n) is 5.08. The Morgan fingerprint density at radius 2 is 1.81 bits per heavy atom. The lowest BCUT2D eigenvalue weighted by Crippen LogP contribution is -2.07. The smallest absolute Gasteiger partial charge is 0.292 e. The van der Waals surface area contributed by atoms with E-state index in [1.54, 1.807) is 0 Å². The predicted octanol–water partition coefficient (Wildman–Crippen LogP) is 2.30. The van der Waals surface area contributed by atoms with Crippen molar-refractivity contribution >= 4 is 11.7 Å². The van der Waals surface area contributed by atoms with Crippen molar-refractivity contribution < 1.29 is 4.42 Å². The lowest BCUT2D eigenvalue weighted by Gasteiger charge is -2.12. The van der Waals surface area contributed by atoms with Gasteiger partial charge >= 0.3 is 0 Å². The van der Waals surface area contributed by atoms with Crippen LogP contribution in [0.25, 0.3) is 11.3 Å². The quantitative estimate of drug-likeness (QED) is 0.838.